The third kappa shape index (κ3) is 4.21. The molecule has 0 fully saturated rings. The van der Waals surface area contributed by atoms with Crippen LogP contribution in [0.1, 0.15) is 23.0 Å². The Labute approximate surface area is 138 Å². The van der Waals surface area contributed by atoms with Crippen LogP contribution < -0.4 is 10.5 Å². The van der Waals surface area contributed by atoms with Crippen molar-refractivity contribution in [1.82, 2.24) is 0 Å². The molecular weight excluding hydrogens is 336 g/mol. The van der Waals surface area contributed by atoms with E-state index >= 15 is 0 Å². The zero-order chi connectivity index (χ0) is 17.9. The van der Waals surface area contributed by atoms with Crippen molar-refractivity contribution >= 4 is 27.6 Å². The van der Waals surface area contributed by atoms with Crippen molar-refractivity contribution in [3.8, 4) is 0 Å². The molecule has 0 bridgehead atoms. The molecular formula is C15H16N2O6S. The molecule has 0 radical (unpaired) electrons. The number of anilines is 1. The Morgan fingerprint density at radius 2 is 2.00 bits per heavy atom. The van der Waals surface area contributed by atoms with Gasteiger partial charge in [-0.2, -0.15) is 0 Å². The van der Waals surface area contributed by atoms with Crippen LogP contribution in [-0.2, 0) is 19.6 Å². The molecule has 24 heavy (non-hydrogen) atoms. The summed E-state index contributed by atoms with van der Waals surface area (Å²) in [6.45, 7) is 3.05. The van der Waals surface area contributed by atoms with E-state index in [1.54, 1.807) is 13.0 Å². The van der Waals surface area contributed by atoms with Crippen LogP contribution in [0.4, 0.5) is 5.69 Å². The number of benzene rings is 1. The van der Waals surface area contributed by atoms with Crippen LogP contribution in [0.3, 0.4) is 0 Å². The molecule has 8 nitrogen and oxygen atoms in total. The average molecular weight is 352 g/mol. The molecule has 0 aliphatic carbocycles. The van der Waals surface area contributed by atoms with Crippen LogP contribution in [0.5, 0.6) is 0 Å². The number of aryl methyl sites for hydroxylation is 1. The van der Waals surface area contributed by atoms with Crippen molar-refractivity contribution in [2.24, 2.45) is 5.14 Å². The van der Waals surface area contributed by atoms with E-state index in [-0.39, 0.29) is 16.3 Å². The molecule has 1 amide bonds. The first-order chi connectivity index (χ1) is 11.2. The molecule has 0 saturated heterocycles. The molecule has 0 aliphatic heterocycles. The highest BCUT2D eigenvalue weighted by Crippen LogP contribution is 2.15. The summed E-state index contributed by atoms with van der Waals surface area (Å²) in [5.41, 5.74) is 0.803. The largest absolute Gasteiger partial charge is 0.457 e. The number of rotatable bonds is 5. The van der Waals surface area contributed by atoms with Crippen LogP contribution >= 0.6 is 0 Å². The van der Waals surface area contributed by atoms with Gasteiger partial charge >= 0.3 is 5.97 Å². The van der Waals surface area contributed by atoms with Gasteiger partial charge in [0, 0.05) is 11.3 Å². The lowest BCUT2D eigenvalue weighted by molar-refractivity contribution is -0.123. The molecule has 3 N–H and O–H groups in total. The highest BCUT2D eigenvalue weighted by atomic mass is 32.2. The Balaban J connectivity index is 2.04. The topological polar surface area (TPSA) is 129 Å². The Morgan fingerprint density at radius 3 is 2.58 bits per heavy atom. The normalized spacial score (nSPS) is 12.5. The van der Waals surface area contributed by atoms with E-state index in [1.165, 1.54) is 37.5 Å². The first-order valence-electron chi connectivity index (χ1n) is 6.87. The number of hydrogen-bond acceptors (Lipinski definition) is 6. The summed E-state index contributed by atoms with van der Waals surface area (Å²) in [5, 5.41) is 7.48. The number of ether oxygens (including phenoxy) is 1. The van der Waals surface area contributed by atoms with Gasteiger partial charge in [-0.1, -0.05) is 6.07 Å². The Kier molecular flexibility index (Phi) is 5.05. The number of nitrogens with two attached hydrogens (primary N) is 1. The minimum absolute atomic E-state index is 0.0193. The van der Waals surface area contributed by atoms with E-state index in [0.29, 0.717) is 5.56 Å². The number of esters is 1. The third-order valence-corrected chi connectivity index (χ3v) is 4.04. The minimum atomic E-state index is -3.88. The van der Waals surface area contributed by atoms with Crippen molar-refractivity contribution in [1.29, 1.82) is 0 Å². The average Bonchev–Trinajstić information content (AvgIpc) is 2.92. The zero-order valence-electron chi connectivity index (χ0n) is 13.0. The van der Waals surface area contributed by atoms with Gasteiger partial charge in [0.2, 0.25) is 15.8 Å². The fourth-order valence-corrected chi connectivity index (χ4v) is 2.40. The maximum absolute atomic E-state index is 12.1. The summed E-state index contributed by atoms with van der Waals surface area (Å²) in [6, 6.07) is 7.02. The summed E-state index contributed by atoms with van der Waals surface area (Å²) < 4.78 is 32.6. The van der Waals surface area contributed by atoms with Gasteiger partial charge in [0.15, 0.2) is 6.10 Å². The standard InChI is InChI=1S/C15H16N2O6S/c1-9-6-7-22-13(9)15(19)23-10(2)14(18)17-11-4-3-5-12(8-11)24(16,20)21/h3-8,10H,1-2H3,(H,17,18)(H2,16,20,21)/t10-/m0/s1. The fourth-order valence-electron chi connectivity index (χ4n) is 1.84. The van der Waals surface area contributed by atoms with Gasteiger partial charge in [-0.3, -0.25) is 4.79 Å². The minimum Gasteiger partial charge on any atom is -0.457 e. The highest BCUT2D eigenvalue weighted by molar-refractivity contribution is 7.89. The number of hydrogen-bond donors (Lipinski definition) is 2. The molecule has 1 heterocycles. The van der Waals surface area contributed by atoms with Gasteiger partial charge in [0.1, 0.15) is 0 Å². The number of sulfonamides is 1. The van der Waals surface area contributed by atoms with Gasteiger partial charge in [0.25, 0.3) is 5.91 Å². The van der Waals surface area contributed by atoms with E-state index in [1.807, 2.05) is 0 Å². The second-order valence-corrected chi connectivity index (χ2v) is 6.60. The first kappa shape index (κ1) is 17.7. The summed E-state index contributed by atoms with van der Waals surface area (Å²) in [5.74, 6) is -1.37. The second kappa shape index (κ2) is 6.85. The summed E-state index contributed by atoms with van der Waals surface area (Å²) >= 11 is 0. The van der Waals surface area contributed by atoms with Gasteiger partial charge < -0.3 is 14.5 Å². The lowest BCUT2D eigenvalue weighted by Gasteiger charge is -2.13. The lowest BCUT2D eigenvalue weighted by Crippen LogP contribution is -2.30. The monoisotopic (exact) mass is 352 g/mol. The van der Waals surface area contributed by atoms with Crippen molar-refractivity contribution in [2.75, 3.05) is 5.32 Å². The molecule has 128 valence electrons. The van der Waals surface area contributed by atoms with E-state index < -0.39 is 28.0 Å². The van der Waals surface area contributed by atoms with Crippen molar-refractivity contribution in [2.45, 2.75) is 24.8 Å². The molecule has 0 aliphatic rings. The number of carbonyl (C=O) groups is 2. The molecule has 2 rings (SSSR count). The zero-order valence-corrected chi connectivity index (χ0v) is 13.8. The van der Waals surface area contributed by atoms with Crippen LogP contribution in [0.25, 0.3) is 0 Å². The van der Waals surface area contributed by atoms with Crippen LogP contribution in [0.15, 0.2) is 45.9 Å². The molecule has 9 heteroatoms. The molecule has 1 atom stereocenters. The fraction of sp³-hybridized carbons (Fsp3) is 0.200. The molecule has 0 spiro atoms. The second-order valence-electron chi connectivity index (χ2n) is 5.04. The Bertz CT molecular complexity index is 872. The third-order valence-electron chi connectivity index (χ3n) is 3.13. The van der Waals surface area contributed by atoms with Gasteiger partial charge in [-0.05, 0) is 38.1 Å². The molecule has 1 aromatic carbocycles. The first-order valence-corrected chi connectivity index (χ1v) is 8.42. The molecule has 2 aromatic rings. The quantitative estimate of drug-likeness (QED) is 0.783. The van der Waals surface area contributed by atoms with Gasteiger partial charge in [-0.25, -0.2) is 18.4 Å². The lowest BCUT2D eigenvalue weighted by atomic mass is 10.2. The number of furan rings is 1. The van der Waals surface area contributed by atoms with E-state index in [2.05, 4.69) is 5.32 Å². The summed E-state index contributed by atoms with van der Waals surface area (Å²) in [4.78, 5) is 23.8. The SMILES string of the molecule is Cc1ccoc1C(=O)O[C@@H](C)C(=O)Nc1cccc(S(N)(=O)=O)c1. The van der Waals surface area contributed by atoms with Gasteiger partial charge in [-0.15, -0.1) is 0 Å². The molecule has 1 aromatic heterocycles. The number of nitrogens with one attached hydrogen (secondary N) is 1. The molecule has 0 unspecified atom stereocenters. The Morgan fingerprint density at radius 1 is 1.29 bits per heavy atom. The van der Waals surface area contributed by atoms with E-state index in [0.717, 1.165) is 0 Å². The number of carbonyl (C=O) groups excluding carboxylic acids is 2. The summed E-state index contributed by atoms with van der Waals surface area (Å²) in [7, 11) is -3.88. The van der Waals surface area contributed by atoms with Crippen molar-refractivity contribution in [3.63, 3.8) is 0 Å². The predicted octanol–water partition coefficient (Wildman–Crippen LogP) is 1.42. The maximum atomic E-state index is 12.1. The van der Waals surface area contributed by atoms with E-state index in [4.69, 9.17) is 14.3 Å². The van der Waals surface area contributed by atoms with Crippen LogP contribution in [-0.4, -0.2) is 26.4 Å². The van der Waals surface area contributed by atoms with Gasteiger partial charge in [0.05, 0.1) is 11.2 Å². The summed E-state index contributed by atoms with van der Waals surface area (Å²) in [6.07, 6.45) is 0.232. The molecule has 0 saturated carbocycles. The van der Waals surface area contributed by atoms with Crippen molar-refractivity contribution < 1.29 is 27.2 Å². The van der Waals surface area contributed by atoms with Crippen LogP contribution in [0, 0.1) is 6.92 Å². The van der Waals surface area contributed by atoms with Crippen molar-refractivity contribution in [3.05, 3.63) is 47.9 Å². The number of primary sulfonamides is 1. The van der Waals surface area contributed by atoms with Crippen LogP contribution in [0.2, 0.25) is 0 Å². The number of amides is 1. The maximum Gasteiger partial charge on any atom is 0.375 e. The smallest absolute Gasteiger partial charge is 0.375 e. The van der Waals surface area contributed by atoms with E-state index in [9.17, 15) is 18.0 Å². The Hall–Kier alpha value is -2.65. The highest BCUT2D eigenvalue weighted by Gasteiger charge is 2.22. The predicted molar refractivity (Wildman–Crippen MR) is 84.8 cm³/mol.